The first-order valence-corrected chi connectivity index (χ1v) is 11.1. The number of aliphatic hydroxyl groups excluding tert-OH is 1. The topological polar surface area (TPSA) is 98.4 Å². The van der Waals surface area contributed by atoms with Gasteiger partial charge in [-0.05, 0) is 49.8 Å². The average molecular weight is 449 g/mol. The van der Waals surface area contributed by atoms with E-state index in [1.807, 2.05) is 19.9 Å². The number of imidazole rings is 1. The quantitative estimate of drug-likeness (QED) is 0.327. The molecule has 0 radical (unpaired) electrons. The number of phenols is 1. The molecule has 1 atom stereocenters. The van der Waals surface area contributed by atoms with Crippen molar-refractivity contribution in [2.45, 2.75) is 26.8 Å². The standard InChI is InChI=1S/C25H28N4O4/c1-4-27(5-2)13-14-29-22(17-9-8-10-18(30)15-17)20(24(32)25(29)33)23(31)21-16(3)26-19-11-6-7-12-28(19)21/h6-12,15,22,30-31H,4-5,13-14H2,1-3H3. The minimum atomic E-state index is -0.818. The number of carbonyl (C=O) groups excluding carboxylic acids is 2. The lowest BCUT2D eigenvalue weighted by Gasteiger charge is -2.28. The van der Waals surface area contributed by atoms with Crippen LogP contribution in [0, 0.1) is 6.92 Å². The molecule has 0 bridgehead atoms. The van der Waals surface area contributed by atoms with Gasteiger partial charge in [-0.15, -0.1) is 0 Å². The van der Waals surface area contributed by atoms with Crippen molar-refractivity contribution in [3.63, 3.8) is 0 Å². The molecule has 1 unspecified atom stereocenters. The fraction of sp³-hybridized carbons (Fsp3) is 0.320. The molecule has 33 heavy (non-hydrogen) atoms. The maximum absolute atomic E-state index is 13.2. The summed E-state index contributed by atoms with van der Waals surface area (Å²) < 4.78 is 1.70. The SMILES string of the molecule is CCN(CC)CCN1C(=O)C(=O)C(=C(O)c2c(C)nc3ccccn23)C1c1cccc(O)c1. The Morgan fingerprint density at radius 2 is 1.88 bits per heavy atom. The van der Waals surface area contributed by atoms with Crippen LogP contribution in [-0.4, -0.2) is 67.3 Å². The van der Waals surface area contributed by atoms with Crippen LogP contribution in [0.2, 0.25) is 0 Å². The second kappa shape index (κ2) is 9.07. The number of benzene rings is 1. The molecule has 1 aliphatic heterocycles. The molecule has 8 nitrogen and oxygen atoms in total. The van der Waals surface area contributed by atoms with Gasteiger partial charge < -0.3 is 20.0 Å². The van der Waals surface area contributed by atoms with Crippen molar-refractivity contribution in [1.29, 1.82) is 0 Å². The Labute approximate surface area is 192 Å². The van der Waals surface area contributed by atoms with Crippen LogP contribution in [0.4, 0.5) is 0 Å². The number of amides is 1. The highest BCUT2D eigenvalue weighted by atomic mass is 16.3. The number of rotatable bonds is 7. The molecule has 1 amide bonds. The molecule has 3 aromatic rings. The number of likely N-dealkylation sites (tertiary alicyclic amines) is 1. The zero-order valence-corrected chi connectivity index (χ0v) is 19.0. The van der Waals surface area contributed by atoms with E-state index < -0.39 is 17.7 Å². The van der Waals surface area contributed by atoms with Gasteiger partial charge in [-0.2, -0.15) is 0 Å². The molecular formula is C25H28N4O4. The van der Waals surface area contributed by atoms with Crippen molar-refractivity contribution in [3.05, 3.63) is 71.2 Å². The van der Waals surface area contributed by atoms with E-state index in [1.165, 1.54) is 17.0 Å². The Morgan fingerprint density at radius 3 is 2.58 bits per heavy atom. The van der Waals surface area contributed by atoms with Crippen LogP contribution in [0.1, 0.15) is 36.8 Å². The number of likely N-dealkylation sites (N-methyl/N-ethyl adjacent to an activating group) is 1. The number of hydrogen-bond acceptors (Lipinski definition) is 6. The summed E-state index contributed by atoms with van der Waals surface area (Å²) in [6, 6.07) is 11.1. The molecule has 3 heterocycles. The van der Waals surface area contributed by atoms with E-state index in [4.69, 9.17) is 0 Å². The molecule has 8 heteroatoms. The van der Waals surface area contributed by atoms with E-state index in [0.29, 0.717) is 35.7 Å². The van der Waals surface area contributed by atoms with Crippen LogP contribution >= 0.6 is 0 Å². The second-order valence-corrected chi connectivity index (χ2v) is 8.09. The normalized spacial score (nSPS) is 18.1. The highest BCUT2D eigenvalue weighted by molar-refractivity contribution is 6.46. The summed E-state index contributed by atoms with van der Waals surface area (Å²) in [6.45, 7) is 8.37. The largest absolute Gasteiger partial charge is 0.508 e. The monoisotopic (exact) mass is 448 g/mol. The van der Waals surface area contributed by atoms with Crippen molar-refractivity contribution in [2.24, 2.45) is 0 Å². The van der Waals surface area contributed by atoms with Gasteiger partial charge in [0.2, 0.25) is 0 Å². The lowest BCUT2D eigenvalue weighted by Crippen LogP contribution is -2.38. The maximum atomic E-state index is 13.2. The molecule has 1 aliphatic rings. The van der Waals surface area contributed by atoms with E-state index >= 15 is 0 Å². The summed E-state index contributed by atoms with van der Waals surface area (Å²) in [6.07, 6.45) is 1.75. The fourth-order valence-corrected chi connectivity index (χ4v) is 4.47. The number of phenolic OH excluding ortho intramolecular Hbond substituents is 1. The number of aryl methyl sites for hydroxylation is 1. The van der Waals surface area contributed by atoms with E-state index in [9.17, 15) is 19.8 Å². The number of aliphatic hydroxyl groups is 1. The first-order valence-electron chi connectivity index (χ1n) is 11.1. The van der Waals surface area contributed by atoms with Crippen LogP contribution < -0.4 is 0 Å². The van der Waals surface area contributed by atoms with Crippen LogP contribution in [0.25, 0.3) is 11.4 Å². The third-order valence-electron chi connectivity index (χ3n) is 6.21. The van der Waals surface area contributed by atoms with Crippen LogP contribution in [-0.2, 0) is 9.59 Å². The fourth-order valence-electron chi connectivity index (χ4n) is 4.47. The molecule has 0 aliphatic carbocycles. The van der Waals surface area contributed by atoms with Gasteiger partial charge >= 0.3 is 0 Å². The third-order valence-corrected chi connectivity index (χ3v) is 6.21. The molecular weight excluding hydrogens is 420 g/mol. The Hall–Kier alpha value is -3.65. The number of nitrogens with zero attached hydrogens (tertiary/aromatic N) is 4. The first-order chi connectivity index (χ1) is 15.9. The van der Waals surface area contributed by atoms with Gasteiger partial charge in [-0.25, -0.2) is 4.98 Å². The predicted octanol–water partition coefficient (Wildman–Crippen LogP) is 3.11. The minimum Gasteiger partial charge on any atom is -0.508 e. The summed E-state index contributed by atoms with van der Waals surface area (Å²) in [4.78, 5) is 34.5. The minimum absolute atomic E-state index is 0.00102. The molecule has 1 aromatic carbocycles. The van der Waals surface area contributed by atoms with Gasteiger partial charge in [0.1, 0.15) is 17.1 Å². The lowest BCUT2D eigenvalue weighted by molar-refractivity contribution is -0.140. The van der Waals surface area contributed by atoms with Gasteiger partial charge in [0.25, 0.3) is 11.7 Å². The molecule has 172 valence electrons. The summed E-state index contributed by atoms with van der Waals surface area (Å²) in [5.74, 6) is -1.66. The van der Waals surface area contributed by atoms with Crippen LogP contribution in [0.15, 0.2) is 54.2 Å². The Balaban J connectivity index is 1.88. The van der Waals surface area contributed by atoms with Crippen molar-refractivity contribution in [2.75, 3.05) is 26.2 Å². The summed E-state index contributed by atoms with van der Waals surface area (Å²) >= 11 is 0. The highest BCUT2D eigenvalue weighted by Gasteiger charge is 2.46. The number of hydrogen-bond donors (Lipinski definition) is 2. The number of ketones is 1. The number of aromatic hydroxyl groups is 1. The van der Waals surface area contributed by atoms with Crippen molar-refractivity contribution >= 4 is 23.1 Å². The maximum Gasteiger partial charge on any atom is 0.295 e. The molecule has 0 saturated carbocycles. The van der Waals surface area contributed by atoms with E-state index in [2.05, 4.69) is 9.88 Å². The summed E-state index contributed by atoms with van der Waals surface area (Å²) in [5.41, 5.74) is 2.10. The number of fused-ring (bicyclic) bond motifs is 1. The molecule has 1 saturated heterocycles. The van der Waals surface area contributed by atoms with Gasteiger partial charge in [0.05, 0.1) is 17.3 Å². The van der Waals surface area contributed by atoms with Crippen molar-refractivity contribution < 1.29 is 19.8 Å². The smallest absolute Gasteiger partial charge is 0.295 e. The molecule has 4 rings (SSSR count). The summed E-state index contributed by atoms with van der Waals surface area (Å²) in [5, 5.41) is 21.5. The lowest BCUT2D eigenvalue weighted by atomic mass is 9.96. The van der Waals surface area contributed by atoms with Gasteiger partial charge in [0, 0.05) is 19.3 Å². The number of pyridine rings is 1. The van der Waals surface area contributed by atoms with E-state index in [1.54, 1.807) is 41.8 Å². The first kappa shape index (κ1) is 22.5. The number of aromatic nitrogens is 2. The van der Waals surface area contributed by atoms with Crippen molar-refractivity contribution in [3.8, 4) is 5.75 Å². The van der Waals surface area contributed by atoms with Crippen LogP contribution in [0.3, 0.4) is 0 Å². The zero-order chi connectivity index (χ0) is 23.7. The third kappa shape index (κ3) is 3.98. The Kier molecular flexibility index (Phi) is 6.20. The van der Waals surface area contributed by atoms with E-state index in [-0.39, 0.29) is 17.1 Å². The van der Waals surface area contributed by atoms with Crippen LogP contribution in [0.5, 0.6) is 5.75 Å². The van der Waals surface area contributed by atoms with Gasteiger partial charge in [-0.3, -0.25) is 14.0 Å². The van der Waals surface area contributed by atoms with E-state index in [0.717, 1.165) is 13.1 Å². The molecule has 2 aromatic heterocycles. The molecule has 1 fully saturated rings. The van der Waals surface area contributed by atoms with Gasteiger partial charge in [-0.1, -0.05) is 32.0 Å². The highest BCUT2D eigenvalue weighted by Crippen LogP contribution is 2.40. The Morgan fingerprint density at radius 1 is 1.12 bits per heavy atom. The second-order valence-electron chi connectivity index (χ2n) is 8.09. The predicted molar refractivity (Wildman–Crippen MR) is 125 cm³/mol. The molecule has 2 N–H and O–H groups in total. The number of Topliss-reactive ketones (excluding diaryl/α,β-unsaturated/α-hetero) is 1. The summed E-state index contributed by atoms with van der Waals surface area (Å²) in [7, 11) is 0. The number of carbonyl (C=O) groups is 2. The molecule has 0 spiro atoms. The zero-order valence-electron chi connectivity index (χ0n) is 19.0. The van der Waals surface area contributed by atoms with Gasteiger partial charge in [0.15, 0.2) is 5.76 Å². The van der Waals surface area contributed by atoms with Crippen molar-refractivity contribution in [1.82, 2.24) is 19.2 Å². The Bertz CT molecular complexity index is 1240. The average Bonchev–Trinajstić information content (AvgIpc) is 3.27.